The number of rotatable bonds is 8. The summed E-state index contributed by atoms with van der Waals surface area (Å²) in [6, 6.07) is 3.59. The van der Waals surface area contributed by atoms with Crippen LogP contribution in [0.3, 0.4) is 0 Å². The number of aliphatic imine (C=N–C) groups is 1. The van der Waals surface area contributed by atoms with Crippen molar-refractivity contribution in [1.82, 2.24) is 15.6 Å². The lowest BCUT2D eigenvalue weighted by Gasteiger charge is -2.22. The van der Waals surface area contributed by atoms with Gasteiger partial charge < -0.3 is 26.2 Å². The summed E-state index contributed by atoms with van der Waals surface area (Å²) in [5.74, 6) is -1.15. The molecule has 0 bridgehead atoms. The van der Waals surface area contributed by atoms with Gasteiger partial charge in [0.15, 0.2) is 11.0 Å². The number of hydrogen-bond acceptors (Lipinski definition) is 7. The smallest absolute Gasteiger partial charge is 0.408 e. The van der Waals surface area contributed by atoms with Crippen molar-refractivity contribution >= 4 is 45.4 Å². The van der Waals surface area contributed by atoms with E-state index >= 15 is 0 Å². The van der Waals surface area contributed by atoms with Crippen LogP contribution >= 0.6 is 11.3 Å². The van der Waals surface area contributed by atoms with E-state index < -0.39 is 23.7 Å². The van der Waals surface area contributed by atoms with Crippen LogP contribution in [0, 0.1) is 0 Å². The Hall–Kier alpha value is -3.21. The Bertz CT molecular complexity index is 995. The lowest BCUT2D eigenvalue weighted by atomic mass is 10.1. The molecule has 1 atom stereocenters. The second kappa shape index (κ2) is 10.2. The number of amides is 1. The molecule has 0 saturated heterocycles. The Morgan fingerprint density at radius 1 is 1.32 bits per heavy atom. The Balaban J connectivity index is 2.20. The fourth-order valence-electron chi connectivity index (χ4n) is 2.63. The summed E-state index contributed by atoms with van der Waals surface area (Å²) >= 11 is 1.08. The number of nitrogens with one attached hydrogen (secondary N) is 2. The number of Topliss-reactive ketones (excluding diaryl/α,β-unsaturated/α-hetero) is 1. The minimum absolute atomic E-state index is 0.111. The van der Waals surface area contributed by atoms with Crippen molar-refractivity contribution in [3.05, 3.63) is 28.8 Å². The molecule has 1 aromatic heterocycles. The summed E-state index contributed by atoms with van der Waals surface area (Å²) in [6.07, 6.45) is 0.136. The van der Waals surface area contributed by atoms with E-state index in [1.807, 2.05) is 0 Å². The van der Waals surface area contributed by atoms with Gasteiger partial charge >= 0.3 is 12.1 Å². The summed E-state index contributed by atoms with van der Waals surface area (Å²) < 4.78 is 5.85. The van der Waals surface area contributed by atoms with Crippen LogP contribution < -0.4 is 16.4 Å². The molecule has 2 rings (SSSR count). The number of nitrogens with zero attached hydrogens (tertiary/aromatic N) is 2. The molecular weight excluding hydrogens is 422 g/mol. The van der Waals surface area contributed by atoms with Crippen LogP contribution in [0.15, 0.2) is 23.2 Å². The number of carboxylic acids is 1. The number of guanidine groups is 1. The van der Waals surface area contributed by atoms with Gasteiger partial charge in [-0.3, -0.25) is 9.79 Å². The highest BCUT2D eigenvalue weighted by Crippen LogP contribution is 2.25. The van der Waals surface area contributed by atoms with E-state index in [2.05, 4.69) is 20.6 Å². The van der Waals surface area contributed by atoms with Gasteiger partial charge in [-0.15, -0.1) is 11.3 Å². The molecule has 1 heterocycles. The molecule has 0 aliphatic rings. The van der Waals surface area contributed by atoms with Crippen LogP contribution in [0.4, 0.5) is 4.79 Å². The molecular formula is C20H27N5O5S. The van der Waals surface area contributed by atoms with Crippen LogP contribution in [0.1, 0.15) is 53.8 Å². The van der Waals surface area contributed by atoms with E-state index in [0.29, 0.717) is 29.6 Å². The van der Waals surface area contributed by atoms with Gasteiger partial charge in [0.2, 0.25) is 5.78 Å². The third kappa shape index (κ3) is 7.21. The van der Waals surface area contributed by atoms with Crippen LogP contribution in [0.2, 0.25) is 0 Å². The van der Waals surface area contributed by atoms with Crippen LogP contribution in [-0.2, 0) is 4.74 Å². The van der Waals surface area contributed by atoms with Crippen molar-refractivity contribution in [2.75, 3.05) is 13.6 Å². The molecule has 0 unspecified atom stereocenters. The van der Waals surface area contributed by atoms with Crippen molar-refractivity contribution < 1.29 is 24.2 Å². The molecule has 0 aliphatic heterocycles. The first-order valence-corrected chi connectivity index (χ1v) is 10.5. The Kier molecular flexibility index (Phi) is 7.92. The van der Waals surface area contributed by atoms with Crippen LogP contribution in [0.25, 0.3) is 10.2 Å². The van der Waals surface area contributed by atoms with E-state index in [-0.39, 0.29) is 22.3 Å². The maximum Gasteiger partial charge on any atom is 0.408 e. The van der Waals surface area contributed by atoms with Gasteiger partial charge in [-0.2, -0.15) is 0 Å². The Morgan fingerprint density at radius 3 is 2.65 bits per heavy atom. The third-order valence-electron chi connectivity index (χ3n) is 4.07. The highest BCUT2D eigenvalue weighted by atomic mass is 32.1. The highest BCUT2D eigenvalue weighted by molar-refractivity contribution is 7.20. The first kappa shape index (κ1) is 24.1. The number of carbonyl (C=O) groups is 3. The van der Waals surface area contributed by atoms with Gasteiger partial charge in [0, 0.05) is 13.6 Å². The number of thiazole rings is 1. The molecule has 0 aliphatic carbocycles. The fraction of sp³-hybridized carbons (Fsp3) is 0.450. The SMILES string of the molecule is CN=C(N)NCCC[C@H](NC(=O)OC(C)(C)C)C(=O)c1nc2ccc(C(=O)O)cc2s1. The molecule has 1 amide bonds. The summed E-state index contributed by atoms with van der Waals surface area (Å²) in [4.78, 5) is 44.7. The number of alkyl carbamates (subject to hydrolysis) is 1. The average Bonchev–Trinajstić information content (AvgIpc) is 3.11. The molecule has 0 saturated carbocycles. The van der Waals surface area contributed by atoms with E-state index in [4.69, 9.17) is 15.6 Å². The molecule has 0 spiro atoms. The van der Waals surface area contributed by atoms with E-state index in [0.717, 1.165) is 11.3 Å². The number of nitrogens with two attached hydrogens (primary N) is 1. The minimum Gasteiger partial charge on any atom is -0.478 e. The molecule has 168 valence electrons. The van der Waals surface area contributed by atoms with Gasteiger partial charge in [0.25, 0.3) is 0 Å². The molecule has 5 N–H and O–H groups in total. The second-order valence-electron chi connectivity index (χ2n) is 7.75. The molecule has 10 nitrogen and oxygen atoms in total. The standard InChI is InChI=1S/C20H27N5O5S/c1-20(2,3)30-19(29)25-13(6-5-9-23-18(21)22-4)15(26)16-24-12-8-7-11(17(27)28)10-14(12)31-16/h7-8,10,13H,5-6,9H2,1-4H3,(H,25,29)(H,27,28)(H3,21,22,23)/t13-/m0/s1. The quantitative estimate of drug-likeness (QED) is 0.207. The zero-order valence-electron chi connectivity index (χ0n) is 17.9. The number of aromatic carboxylic acids is 1. The number of ether oxygens (including phenoxy) is 1. The summed E-state index contributed by atoms with van der Waals surface area (Å²) in [6.45, 7) is 5.65. The fourth-order valence-corrected chi connectivity index (χ4v) is 3.63. The number of carbonyl (C=O) groups excluding carboxylic acids is 2. The van der Waals surface area contributed by atoms with E-state index in [1.165, 1.54) is 12.1 Å². The predicted octanol–water partition coefficient (Wildman–Crippen LogP) is 2.38. The van der Waals surface area contributed by atoms with Gasteiger partial charge in [-0.05, 0) is 51.8 Å². The molecule has 31 heavy (non-hydrogen) atoms. The summed E-state index contributed by atoms with van der Waals surface area (Å²) in [5, 5.41) is 14.9. The lowest BCUT2D eigenvalue weighted by molar-refractivity contribution is 0.0488. The van der Waals surface area contributed by atoms with Gasteiger partial charge in [-0.25, -0.2) is 14.6 Å². The summed E-state index contributed by atoms with van der Waals surface area (Å²) in [5.41, 5.74) is 5.51. The number of carboxylic acid groups (broad SMARTS) is 1. The van der Waals surface area contributed by atoms with E-state index in [9.17, 15) is 14.4 Å². The molecule has 1 aromatic carbocycles. The molecule has 0 radical (unpaired) electrons. The number of benzene rings is 1. The second-order valence-corrected chi connectivity index (χ2v) is 8.78. The zero-order valence-corrected chi connectivity index (χ0v) is 18.7. The largest absolute Gasteiger partial charge is 0.478 e. The van der Waals surface area contributed by atoms with Crippen molar-refractivity contribution in [2.24, 2.45) is 10.7 Å². The average molecular weight is 450 g/mol. The van der Waals surface area contributed by atoms with Gasteiger partial charge in [0.1, 0.15) is 5.60 Å². The lowest BCUT2D eigenvalue weighted by Crippen LogP contribution is -2.44. The molecule has 0 fully saturated rings. The van der Waals surface area contributed by atoms with Gasteiger partial charge in [-0.1, -0.05) is 0 Å². The minimum atomic E-state index is -1.06. The Labute approximate surface area is 183 Å². The first-order valence-electron chi connectivity index (χ1n) is 9.64. The maximum atomic E-state index is 13.1. The highest BCUT2D eigenvalue weighted by Gasteiger charge is 2.27. The topological polar surface area (TPSA) is 156 Å². The van der Waals surface area contributed by atoms with Crippen molar-refractivity contribution in [1.29, 1.82) is 0 Å². The van der Waals surface area contributed by atoms with Gasteiger partial charge in [0.05, 0.1) is 21.8 Å². The molecule has 2 aromatic rings. The first-order chi connectivity index (χ1) is 14.5. The number of aromatic nitrogens is 1. The van der Waals surface area contributed by atoms with Crippen LogP contribution in [-0.4, -0.2) is 59.1 Å². The number of ketones is 1. The van der Waals surface area contributed by atoms with Crippen molar-refractivity contribution in [3.63, 3.8) is 0 Å². The zero-order chi connectivity index (χ0) is 23.2. The molecule has 11 heteroatoms. The van der Waals surface area contributed by atoms with Crippen molar-refractivity contribution in [3.8, 4) is 0 Å². The summed E-state index contributed by atoms with van der Waals surface area (Å²) in [7, 11) is 1.56. The Morgan fingerprint density at radius 2 is 2.03 bits per heavy atom. The maximum absolute atomic E-state index is 13.1. The van der Waals surface area contributed by atoms with Crippen molar-refractivity contribution in [2.45, 2.75) is 45.3 Å². The normalized spacial score (nSPS) is 13.0. The third-order valence-corrected chi connectivity index (χ3v) is 5.10. The number of hydrogen-bond donors (Lipinski definition) is 4. The predicted molar refractivity (Wildman–Crippen MR) is 119 cm³/mol. The van der Waals surface area contributed by atoms with E-state index in [1.54, 1.807) is 33.9 Å². The van der Waals surface area contributed by atoms with Crippen LogP contribution in [0.5, 0.6) is 0 Å². The number of fused-ring (bicyclic) bond motifs is 1. The monoisotopic (exact) mass is 449 g/mol.